The van der Waals surface area contributed by atoms with Crippen LogP contribution in [-0.2, 0) is 4.79 Å². The monoisotopic (exact) mass is 199 g/mol. The average Bonchev–Trinajstić information content (AvgIpc) is 2.12. The molecule has 0 saturated heterocycles. The molecule has 0 heterocycles. The number of rotatable bonds is 6. The van der Waals surface area contributed by atoms with E-state index in [1.807, 2.05) is 11.9 Å². The van der Waals surface area contributed by atoms with Crippen molar-refractivity contribution in [2.24, 2.45) is 11.8 Å². The molecule has 2 nitrogen and oxygen atoms in total. The minimum Gasteiger partial charge on any atom is -0.346 e. The number of carbonyl (C=O) groups is 1. The third-order valence-corrected chi connectivity index (χ3v) is 2.66. The normalized spacial score (nSPS) is 13.0. The SMILES string of the molecule is CCC(C)CCN(C)C(=O)CC(C)C. The van der Waals surface area contributed by atoms with Crippen LogP contribution >= 0.6 is 0 Å². The Labute approximate surface area is 88.7 Å². The minimum absolute atomic E-state index is 0.281. The molecule has 1 unspecified atom stereocenters. The van der Waals surface area contributed by atoms with Crippen LogP contribution in [0.1, 0.15) is 47.0 Å². The summed E-state index contributed by atoms with van der Waals surface area (Å²) in [6, 6.07) is 0. The van der Waals surface area contributed by atoms with Crippen LogP contribution in [0.4, 0.5) is 0 Å². The Morgan fingerprint density at radius 3 is 2.29 bits per heavy atom. The Morgan fingerprint density at radius 1 is 1.29 bits per heavy atom. The molecule has 0 rings (SSSR count). The van der Waals surface area contributed by atoms with Crippen molar-refractivity contribution >= 4 is 5.91 Å². The number of amides is 1. The zero-order chi connectivity index (χ0) is 11.1. The van der Waals surface area contributed by atoms with Gasteiger partial charge in [0, 0.05) is 20.0 Å². The Hall–Kier alpha value is -0.530. The van der Waals surface area contributed by atoms with Gasteiger partial charge in [0.2, 0.25) is 5.91 Å². The molecule has 0 N–H and O–H groups in total. The Bertz CT molecular complexity index is 166. The maximum Gasteiger partial charge on any atom is 0.222 e. The van der Waals surface area contributed by atoms with E-state index in [1.165, 1.54) is 6.42 Å². The van der Waals surface area contributed by atoms with Crippen molar-refractivity contribution in [1.82, 2.24) is 4.90 Å². The van der Waals surface area contributed by atoms with Gasteiger partial charge in [0.05, 0.1) is 0 Å². The number of hydrogen-bond donors (Lipinski definition) is 0. The minimum atomic E-state index is 0.281. The summed E-state index contributed by atoms with van der Waals surface area (Å²) >= 11 is 0. The van der Waals surface area contributed by atoms with E-state index in [9.17, 15) is 4.79 Å². The molecular weight excluding hydrogens is 174 g/mol. The fourth-order valence-corrected chi connectivity index (χ4v) is 1.25. The van der Waals surface area contributed by atoms with E-state index in [2.05, 4.69) is 27.7 Å². The molecule has 1 atom stereocenters. The van der Waals surface area contributed by atoms with Gasteiger partial charge in [-0.3, -0.25) is 4.79 Å². The van der Waals surface area contributed by atoms with Crippen LogP contribution in [-0.4, -0.2) is 24.4 Å². The summed E-state index contributed by atoms with van der Waals surface area (Å²) in [6.07, 6.45) is 3.00. The van der Waals surface area contributed by atoms with Gasteiger partial charge < -0.3 is 4.90 Å². The average molecular weight is 199 g/mol. The van der Waals surface area contributed by atoms with Crippen LogP contribution in [0.5, 0.6) is 0 Å². The van der Waals surface area contributed by atoms with Gasteiger partial charge in [-0.1, -0.05) is 34.1 Å². The summed E-state index contributed by atoms with van der Waals surface area (Å²) in [7, 11) is 1.91. The second-order valence-corrected chi connectivity index (χ2v) is 4.72. The van der Waals surface area contributed by atoms with E-state index < -0.39 is 0 Å². The molecule has 2 heteroatoms. The molecular formula is C12H25NO. The maximum absolute atomic E-state index is 11.6. The predicted octanol–water partition coefficient (Wildman–Crippen LogP) is 2.93. The Kier molecular flexibility index (Phi) is 6.60. The summed E-state index contributed by atoms with van der Waals surface area (Å²) in [5, 5.41) is 0. The van der Waals surface area contributed by atoms with Crippen molar-refractivity contribution < 1.29 is 4.79 Å². The van der Waals surface area contributed by atoms with Crippen LogP contribution < -0.4 is 0 Å². The fraction of sp³-hybridized carbons (Fsp3) is 0.917. The third-order valence-electron chi connectivity index (χ3n) is 2.66. The summed E-state index contributed by atoms with van der Waals surface area (Å²) in [5.41, 5.74) is 0. The molecule has 0 aromatic rings. The molecule has 0 spiro atoms. The summed E-state index contributed by atoms with van der Waals surface area (Å²) in [4.78, 5) is 13.4. The van der Waals surface area contributed by atoms with Crippen LogP contribution in [0.25, 0.3) is 0 Å². The van der Waals surface area contributed by atoms with Crippen LogP contribution in [0, 0.1) is 11.8 Å². The quantitative estimate of drug-likeness (QED) is 0.644. The first-order chi connectivity index (χ1) is 6.47. The highest BCUT2D eigenvalue weighted by Crippen LogP contribution is 2.08. The van der Waals surface area contributed by atoms with Gasteiger partial charge >= 0.3 is 0 Å². The lowest BCUT2D eigenvalue weighted by molar-refractivity contribution is -0.130. The first-order valence-corrected chi connectivity index (χ1v) is 5.71. The van der Waals surface area contributed by atoms with Crippen LogP contribution in [0.15, 0.2) is 0 Å². The van der Waals surface area contributed by atoms with E-state index in [4.69, 9.17) is 0 Å². The largest absolute Gasteiger partial charge is 0.346 e. The lowest BCUT2D eigenvalue weighted by atomic mass is 10.0. The first kappa shape index (κ1) is 13.5. The topological polar surface area (TPSA) is 20.3 Å². The summed E-state index contributed by atoms with van der Waals surface area (Å²) in [6.45, 7) is 9.50. The molecule has 0 aliphatic carbocycles. The van der Waals surface area contributed by atoms with Crippen LogP contribution in [0.3, 0.4) is 0 Å². The van der Waals surface area contributed by atoms with E-state index in [-0.39, 0.29) is 5.91 Å². The van der Waals surface area contributed by atoms with Crippen LogP contribution in [0.2, 0.25) is 0 Å². The molecule has 84 valence electrons. The molecule has 0 fully saturated rings. The maximum atomic E-state index is 11.6. The van der Waals surface area contributed by atoms with Gasteiger partial charge in [-0.05, 0) is 18.3 Å². The summed E-state index contributed by atoms with van der Waals surface area (Å²) < 4.78 is 0. The molecule has 0 aliphatic heterocycles. The second kappa shape index (κ2) is 6.86. The van der Waals surface area contributed by atoms with Crippen molar-refractivity contribution in [3.63, 3.8) is 0 Å². The van der Waals surface area contributed by atoms with Crippen molar-refractivity contribution in [1.29, 1.82) is 0 Å². The fourth-order valence-electron chi connectivity index (χ4n) is 1.25. The molecule has 0 saturated carbocycles. The predicted molar refractivity (Wildman–Crippen MR) is 61.2 cm³/mol. The second-order valence-electron chi connectivity index (χ2n) is 4.72. The van der Waals surface area contributed by atoms with Crippen molar-refractivity contribution in [3.05, 3.63) is 0 Å². The zero-order valence-electron chi connectivity index (χ0n) is 10.3. The van der Waals surface area contributed by atoms with E-state index >= 15 is 0 Å². The lowest BCUT2D eigenvalue weighted by Crippen LogP contribution is -2.29. The van der Waals surface area contributed by atoms with Gasteiger partial charge in [0.25, 0.3) is 0 Å². The molecule has 0 radical (unpaired) electrons. The zero-order valence-corrected chi connectivity index (χ0v) is 10.3. The first-order valence-electron chi connectivity index (χ1n) is 5.71. The third kappa shape index (κ3) is 6.01. The van der Waals surface area contributed by atoms with Gasteiger partial charge in [0.1, 0.15) is 0 Å². The highest BCUT2D eigenvalue weighted by Gasteiger charge is 2.11. The van der Waals surface area contributed by atoms with E-state index in [0.717, 1.165) is 18.9 Å². The molecule has 0 bridgehead atoms. The van der Waals surface area contributed by atoms with Crippen molar-refractivity contribution in [2.45, 2.75) is 47.0 Å². The van der Waals surface area contributed by atoms with Gasteiger partial charge in [-0.25, -0.2) is 0 Å². The van der Waals surface area contributed by atoms with E-state index in [0.29, 0.717) is 12.3 Å². The smallest absolute Gasteiger partial charge is 0.222 e. The van der Waals surface area contributed by atoms with Crippen molar-refractivity contribution in [2.75, 3.05) is 13.6 Å². The van der Waals surface area contributed by atoms with Gasteiger partial charge in [-0.2, -0.15) is 0 Å². The van der Waals surface area contributed by atoms with Gasteiger partial charge in [0.15, 0.2) is 0 Å². The van der Waals surface area contributed by atoms with Gasteiger partial charge in [-0.15, -0.1) is 0 Å². The van der Waals surface area contributed by atoms with Crippen molar-refractivity contribution in [3.8, 4) is 0 Å². The standard InChI is InChI=1S/C12H25NO/c1-6-11(4)7-8-13(5)12(14)9-10(2)3/h10-11H,6-9H2,1-5H3. The molecule has 0 aromatic carbocycles. The molecule has 0 aromatic heterocycles. The van der Waals surface area contributed by atoms with E-state index in [1.54, 1.807) is 0 Å². The molecule has 0 aliphatic rings. The molecule has 1 amide bonds. The summed E-state index contributed by atoms with van der Waals surface area (Å²) in [5.74, 6) is 1.47. The number of nitrogens with zero attached hydrogens (tertiary/aromatic N) is 1. The lowest BCUT2D eigenvalue weighted by Gasteiger charge is -2.20. The molecule has 14 heavy (non-hydrogen) atoms. The Morgan fingerprint density at radius 2 is 1.86 bits per heavy atom. The highest BCUT2D eigenvalue weighted by atomic mass is 16.2. The highest BCUT2D eigenvalue weighted by molar-refractivity contribution is 5.75. The number of hydrogen-bond acceptors (Lipinski definition) is 1. The number of carbonyl (C=O) groups excluding carboxylic acids is 1. The Balaban J connectivity index is 3.72.